The van der Waals surface area contributed by atoms with Gasteiger partial charge in [0.15, 0.2) is 0 Å². The Balaban J connectivity index is 2.34. The third-order valence-corrected chi connectivity index (χ3v) is 2.95. The van der Waals surface area contributed by atoms with Gasteiger partial charge in [0.25, 0.3) is 0 Å². The Morgan fingerprint density at radius 3 is 2.94 bits per heavy atom. The number of nitrogens with zero attached hydrogens (tertiary/aromatic N) is 1. The van der Waals surface area contributed by atoms with Crippen LogP contribution in [0.25, 0.3) is 0 Å². The SMILES string of the molecule is C=CC1CC(=O)N(c2cc(Cl)ccc2O)C1. The fourth-order valence-electron chi connectivity index (χ4n) is 1.84. The molecular formula is C12H12ClNO2. The lowest BCUT2D eigenvalue weighted by Crippen LogP contribution is -2.24. The van der Waals surface area contributed by atoms with Crippen LogP contribution in [-0.2, 0) is 4.79 Å². The molecule has 1 fully saturated rings. The van der Waals surface area contributed by atoms with Gasteiger partial charge in [-0.05, 0) is 18.2 Å². The van der Waals surface area contributed by atoms with E-state index in [0.29, 0.717) is 23.7 Å². The average Bonchev–Trinajstić information content (AvgIpc) is 2.63. The minimum absolute atomic E-state index is 0.0116. The maximum Gasteiger partial charge on any atom is 0.227 e. The van der Waals surface area contributed by atoms with E-state index in [0.717, 1.165) is 0 Å². The number of hydrogen-bond acceptors (Lipinski definition) is 2. The highest BCUT2D eigenvalue weighted by Gasteiger charge is 2.30. The quantitative estimate of drug-likeness (QED) is 0.804. The number of anilines is 1. The molecule has 0 bridgehead atoms. The van der Waals surface area contributed by atoms with Crippen molar-refractivity contribution in [1.29, 1.82) is 0 Å². The molecule has 1 aliphatic heterocycles. The van der Waals surface area contributed by atoms with Crippen LogP contribution in [0.15, 0.2) is 30.9 Å². The van der Waals surface area contributed by atoms with Gasteiger partial charge in [-0.3, -0.25) is 4.79 Å². The van der Waals surface area contributed by atoms with Gasteiger partial charge < -0.3 is 10.0 Å². The summed E-state index contributed by atoms with van der Waals surface area (Å²) < 4.78 is 0. The van der Waals surface area contributed by atoms with Gasteiger partial charge in [-0.25, -0.2) is 0 Å². The van der Waals surface area contributed by atoms with Gasteiger partial charge in [0.05, 0.1) is 5.69 Å². The molecule has 0 aliphatic carbocycles. The Kier molecular flexibility index (Phi) is 2.88. The van der Waals surface area contributed by atoms with Gasteiger partial charge in [-0.2, -0.15) is 0 Å². The normalized spacial score (nSPS) is 20.2. The number of phenolic OH excluding ortho intramolecular Hbond substituents is 1. The van der Waals surface area contributed by atoms with E-state index in [1.165, 1.54) is 6.07 Å². The second kappa shape index (κ2) is 4.18. The van der Waals surface area contributed by atoms with Gasteiger partial charge in [-0.1, -0.05) is 17.7 Å². The lowest BCUT2D eigenvalue weighted by molar-refractivity contribution is -0.117. The summed E-state index contributed by atoms with van der Waals surface area (Å²) in [5.74, 6) is 0.204. The van der Waals surface area contributed by atoms with E-state index in [2.05, 4.69) is 6.58 Å². The van der Waals surface area contributed by atoms with E-state index in [1.807, 2.05) is 0 Å². The highest BCUT2D eigenvalue weighted by atomic mass is 35.5. The van der Waals surface area contributed by atoms with Crippen LogP contribution in [0.5, 0.6) is 5.75 Å². The molecule has 0 spiro atoms. The molecule has 4 heteroatoms. The van der Waals surface area contributed by atoms with Crippen LogP contribution >= 0.6 is 11.6 Å². The number of benzene rings is 1. The number of aromatic hydroxyl groups is 1. The summed E-state index contributed by atoms with van der Waals surface area (Å²) >= 11 is 5.84. The maximum absolute atomic E-state index is 11.7. The Hall–Kier alpha value is -1.48. The third-order valence-electron chi connectivity index (χ3n) is 2.72. The summed E-state index contributed by atoms with van der Waals surface area (Å²) in [6.45, 7) is 4.23. The van der Waals surface area contributed by atoms with Crippen molar-refractivity contribution >= 4 is 23.2 Å². The van der Waals surface area contributed by atoms with E-state index in [9.17, 15) is 9.90 Å². The Morgan fingerprint density at radius 1 is 1.56 bits per heavy atom. The molecule has 0 saturated carbocycles. The van der Waals surface area contributed by atoms with Crippen LogP contribution < -0.4 is 4.90 Å². The van der Waals surface area contributed by atoms with Crippen LogP contribution in [0.2, 0.25) is 5.02 Å². The third kappa shape index (κ3) is 1.91. The molecule has 1 saturated heterocycles. The highest BCUT2D eigenvalue weighted by Crippen LogP contribution is 2.34. The summed E-state index contributed by atoms with van der Waals surface area (Å²) in [5, 5.41) is 10.2. The molecular weight excluding hydrogens is 226 g/mol. The first-order valence-corrected chi connectivity index (χ1v) is 5.41. The topological polar surface area (TPSA) is 40.5 Å². The minimum Gasteiger partial charge on any atom is -0.506 e. The standard InChI is InChI=1S/C12H12ClNO2/c1-2-8-5-12(16)14(7-8)10-6-9(13)3-4-11(10)15/h2-4,6,8,15H,1,5,7H2. The number of hydrogen-bond donors (Lipinski definition) is 1. The van der Waals surface area contributed by atoms with E-state index in [-0.39, 0.29) is 17.6 Å². The smallest absolute Gasteiger partial charge is 0.227 e. The van der Waals surface area contributed by atoms with Crippen molar-refractivity contribution in [2.45, 2.75) is 6.42 Å². The summed E-state index contributed by atoms with van der Waals surface area (Å²) in [5.41, 5.74) is 0.474. The van der Waals surface area contributed by atoms with Crippen LogP contribution in [0.1, 0.15) is 6.42 Å². The van der Waals surface area contributed by atoms with E-state index in [4.69, 9.17) is 11.6 Å². The molecule has 16 heavy (non-hydrogen) atoms. The zero-order valence-corrected chi connectivity index (χ0v) is 9.44. The van der Waals surface area contributed by atoms with Gasteiger partial charge in [-0.15, -0.1) is 6.58 Å². The first-order chi connectivity index (χ1) is 7.61. The Morgan fingerprint density at radius 2 is 2.31 bits per heavy atom. The monoisotopic (exact) mass is 237 g/mol. The molecule has 2 rings (SSSR count). The van der Waals surface area contributed by atoms with Crippen molar-refractivity contribution in [3.8, 4) is 5.75 Å². The van der Waals surface area contributed by atoms with Crippen molar-refractivity contribution in [3.63, 3.8) is 0 Å². The molecule has 0 aromatic heterocycles. The number of rotatable bonds is 2. The van der Waals surface area contributed by atoms with Crippen molar-refractivity contribution in [3.05, 3.63) is 35.9 Å². The van der Waals surface area contributed by atoms with Crippen molar-refractivity contribution in [2.24, 2.45) is 5.92 Å². The summed E-state index contributed by atoms with van der Waals surface area (Å²) in [4.78, 5) is 13.3. The Bertz CT molecular complexity index is 445. The summed E-state index contributed by atoms with van der Waals surface area (Å²) in [6.07, 6.45) is 2.20. The van der Waals surface area contributed by atoms with Crippen LogP contribution in [0, 0.1) is 5.92 Å². The van der Waals surface area contributed by atoms with Crippen LogP contribution in [0.4, 0.5) is 5.69 Å². The number of halogens is 1. The average molecular weight is 238 g/mol. The molecule has 1 N–H and O–H groups in total. The minimum atomic E-state index is -0.0116. The van der Waals surface area contributed by atoms with Gasteiger partial charge in [0.1, 0.15) is 5.75 Å². The molecule has 84 valence electrons. The zero-order valence-electron chi connectivity index (χ0n) is 8.69. The maximum atomic E-state index is 11.7. The van der Waals surface area contributed by atoms with Gasteiger partial charge in [0, 0.05) is 23.9 Å². The van der Waals surface area contributed by atoms with E-state index in [1.54, 1.807) is 23.1 Å². The summed E-state index contributed by atoms with van der Waals surface area (Å²) in [6, 6.07) is 4.68. The molecule has 1 amide bonds. The predicted molar refractivity (Wildman–Crippen MR) is 63.8 cm³/mol. The van der Waals surface area contributed by atoms with Crippen LogP contribution in [0.3, 0.4) is 0 Å². The first-order valence-electron chi connectivity index (χ1n) is 5.03. The van der Waals surface area contributed by atoms with Gasteiger partial charge >= 0.3 is 0 Å². The number of amides is 1. The molecule has 1 atom stereocenters. The van der Waals surface area contributed by atoms with Crippen LogP contribution in [-0.4, -0.2) is 17.6 Å². The highest BCUT2D eigenvalue weighted by molar-refractivity contribution is 6.31. The number of carbonyl (C=O) groups excluding carboxylic acids is 1. The molecule has 0 radical (unpaired) electrons. The zero-order chi connectivity index (χ0) is 11.7. The number of carbonyl (C=O) groups is 1. The molecule has 1 aromatic rings. The largest absolute Gasteiger partial charge is 0.506 e. The number of phenols is 1. The summed E-state index contributed by atoms with van der Waals surface area (Å²) in [7, 11) is 0. The molecule has 1 aromatic carbocycles. The molecule has 3 nitrogen and oxygen atoms in total. The lowest BCUT2D eigenvalue weighted by Gasteiger charge is -2.17. The first kappa shape index (κ1) is 11.0. The lowest BCUT2D eigenvalue weighted by atomic mass is 10.1. The second-order valence-electron chi connectivity index (χ2n) is 3.84. The van der Waals surface area contributed by atoms with E-state index < -0.39 is 0 Å². The van der Waals surface area contributed by atoms with Crippen molar-refractivity contribution in [2.75, 3.05) is 11.4 Å². The van der Waals surface area contributed by atoms with Gasteiger partial charge in [0.2, 0.25) is 5.91 Å². The van der Waals surface area contributed by atoms with Crippen molar-refractivity contribution < 1.29 is 9.90 Å². The fourth-order valence-corrected chi connectivity index (χ4v) is 2.01. The molecule has 1 aliphatic rings. The van der Waals surface area contributed by atoms with Crippen molar-refractivity contribution in [1.82, 2.24) is 0 Å². The molecule has 1 heterocycles. The van der Waals surface area contributed by atoms with E-state index >= 15 is 0 Å². The fraction of sp³-hybridized carbons (Fsp3) is 0.250. The second-order valence-corrected chi connectivity index (χ2v) is 4.27. The Labute approximate surface area is 98.9 Å². The molecule has 1 unspecified atom stereocenters. The predicted octanol–water partition coefficient (Wildman–Crippen LogP) is 2.58.